The second-order valence-corrected chi connectivity index (χ2v) is 6.05. The fourth-order valence-corrected chi connectivity index (χ4v) is 2.88. The molecule has 0 radical (unpaired) electrons. The Kier molecular flexibility index (Phi) is 3.48. The highest BCUT2D eigenvalue weighted by atomic mass is 79.9. The number of aliphatic carboxylic acids is 1. The number of nitrogens with zero attached hydrogens (tertiary/aromatic N) is 4. The Morgan fingerprint density at radius 1 is 1.48 bits per heavy atom. The molecule has 0 amide bonds. The van der Waals surface area contributed by atoms with E-state index in [0.717, 1.165) is 6.42 Å². The van der Waals surface area contributed by atoms with Crippen molar-refractivity contribution in [2.45, 2.75) is 25.8 Å². The van der Waals surface area contributed by atoms with E-state index in [1.54, 1.807) is 18.2 Å². The molecular formula is C13H12BrFN4O2. The van der Waals surface area contributed by atoms with Crippen LogP contribution in [0.1, 0.15) is 19.3 Å². The van der Waals surface area contributed by atoms with Crippen molar-refractivity contribution >= 4 is 21.9 Å². The van der Waals surface area contributed by atoms with Gasteiger partial charge in [-0.05, 0) is 51.3 Å². The fraction of sp³-hybridized carbons (Fsp3) is 0.385. The number of carbonyl (C=O) groups is 1. The molecule has 1 N–H and O–H groups in total. The van der Waals surface area contributed by atoms with E-state index in [4.69, 9.17) is 0 Å². The van der Waals surface area contributed by atoms with Crippen LogP contribution < -0.4 is 0 Å². The predicted molar refractivity (Wildman–Crippen MR) is 74.8 cm³/mol. The first-order chi connectivity index (χ1) is 10.0. The first kappa shape index (κ1) is 14.1. The van der Waals surface area contributed by atoms with E-state index in [1.165, 1.54) is 4.68 Å². The molecule has 0 spiro atoms. The lowest BCUT2D eigenvalue weighted by Crippen LogP contribution is -2.42. The Morgan fingerprint density at radius 3 is 2.86 bits per heavy atom. The first-order valence-electron chi connectivity index (χ1n) is 6.47. The zero-order valence-corrected chi connectivity index (χ0v) is 12.5. The van der Waals surface area contributed by atoms with Crippen LogP contribution in [-0.2, 0) is 11.3 Å². The van der Waals surface area contributed by atoms with Crippen LogP contribution in [0, 0.1) is 11.2 Å². The van der Waals surface area contributed by atoms with Crippen molar-refractivity contribution in [3.8, 4) is 11.4 Å². The summed E-state index contributed by atoms with van der Waals surface area (Å²) in [7, 11) is 0. The third-order valence-corrected chi connectivity index (χ3v) is 4.55. The van der Waals surface area contributed by atoms with Crippen LogP contribution in [0.25, 0.3) is 11.4 Å². The quantitative estimate of drug-likeness (QED) is 0.912. The highest BCUT2D eigenvalue weighted by Crippen LogP contribution is 2.43. The Hall–Kier alpha value is -1.83. The van der Waals surface area contributed by atoms with Gasteiger partial charge in [0.15, 0.2) is 5.82 Å². The molecule has 0 saturated heterocycles. The molecule has 110 valence electrons. The van der Waals surface area contributed by atoms with Crippen LogP contribution in [0.5, 0.6) is 0 Å². The summed E-state index contributed by atoms with van der Waals surface area (Å²) in [5.41, 5.74) is -0.596. The van der Waals surface area contributed by atoms with E-state index in [-0.39, 0.29) is 17.9 Å². The average molecular weight is 355 g/mol. The van der Waals surface area contributed by atoms with Gasteiger partial charge in [-0.15, -0.1) is 5.10 Å². The molecule has 1 aromatic heterocycles. The van der Waals surface area contributed by atoms with Gasteiger partial charge in [0.2, 0.25) is 0 Å². The molecule has 1 heterocycles. The molecule has 8 heteroatoms. The molecule has 1 fully saturated rings. The highest BCUT2D eigenvalue weighted by Gasteiger charge is 2.45. The van der Waals surface area contributed by atoms with Gasteiger partial charge in [-0.1, -0.05) is 12.5 Å². The number of hydrogen-bond acceptors (Lipinski definition) is 4. The Labute approximate surface area is 128 Å². The second kappa shape index (κ2) is 5.18. The molecule has 1 aliphatic carbocycles. The van der Waals surface area contributed by atoms with Gasteiger partial charge in [-0.3, -0.25) is 4.79 Å². The molecule has 2 aromatic rings. The summed E-state index contributed by atoms with van der Waals surface area (Å²) in [6.07, 6.45) is 2.04. The molecular weight excluding hydrogens is 343 g/mol. The molecule has 1 aromatic carbocycles. The maximum Gasteiger partial charge on any atom is 0.311 e. The van der Waals surface area contributed by atoms with E-state index >= 15 is 0 Å². The number of tetrazole rings is 1. The van der Waals surface area contributed by atoms with Gasteiger partial charge < -0.3 is 5.11 Å². The van der Waals surface area contributed by atoms with Gasteiger partial charge in [-0.25, -0.2) is 9.07 Å². The Bertz CT molecular complexity index is 699. The maximum absolute atomic E-state index is 14.2. The Balaban J connectivity index is 1.98. The number of benzene rings is 1. The molecule has 21 heavy (non-hydrogen) atoms. The molecule has 0 atom stereocenters. The fourth-order valence-electron chi connectivity index (χ4n) is 2.51. The van der Waals surface area contributed by atoms with E-state index in [2.05, 4.69) is 31.5 Å². The van der Waals surface area contributed by atoms with E-state index in [1.807, 2.05) is 0 Å². The van der Waals surface area contributed by atoms with Gasteiger partial charge in [0, 0.05) is 0 Å². The number of hydrogen-bond donors (Lipinski definition) is 1. The van der Waals surface area contributed by atoms with Gasteiger partial charge in [-0.2, -0.15) is 0 Å². The third kappa shape index (κ3) is 2.33. The highest BCUT2D eigenvalue weighted by molar-refractivity contribution is 9.10. The summed E-state index contributed by atoms with van der Waals surface area (Å²) >= 11 is 3.12. The van der Waals surface area contributed by atoms with Crippen molar-refractivity contribution in [3.63, 3.8) is 0 Å². The summed E-state index contributed by atoms with van der Waals surface area (Å²) in [5, 5.41) is 20.6. The number of halogens is 2. The van der Waals surface area contributed by atoms with Crippen molar-refractivity contribution in [2.24, 2.45) is 5.41 Å². The van der Waals surface area contributed by atoms with Crippen LogP contribution in [0.3, 0.4) is 0 Å². The molecule has 1 saturated carbocycles. The summed E-state index contributed by atoms with van der Waals surface area (Å²) in [6.45, 7) is 0.149. The number of carboxylic acid groups (broad SMARTS) is 1. The van der Waals surface area contributed by atoms with Gasteiger partial charge in [0.1, 0.15) is 5.82 Å². The molecule has 0 bridgehead atoms. The normalized spacial score (nSPS) is 16.5. The lowest BCUT2D eigenvalue weighted by atomic mass is 9.69. The number of rotatable bonds is 4. The van der Waals surface area contributed by atoms with Crippen LogP contribution in [0.2, 0.25) is 0 Å². The van der Waals surface area contributed by atoms with Gasteiger partial charge >= 0.3 is 5.97 Å². The maximum atomic E-state index is 14.2. The molecule has 6 nitrogen and oxygen atoms in total. The van der Waals surface area contributed by atoms with Crippen LogP contribution in [0.15, 0.2) is 22.7 Å². The van der Waals surface area contributed by atoms with E-state index < -0.39 is 17.2 Å². The second-order valence-electron chi connectivity index (χ2n) is 5.20. The standard InChI is InChI=1S/C13H12BrFN4O2/c14-9-4-1-3-8(10(9)15)11-16-17-18-19(11)7-13(12(20)21)5-2-6-13/h1,3-4H,2,5-7H2,(H,20,21). The zero-order valence-electron chi connectivity index (χ0n) is 11.0. The average Bonchev–Trinajstić information content (AvgIpc) is 2.84. The van der Waals surface area contributed by atoms with Crippen molar-refractivity contribution in [1.29, 1.82) is 0 Å². The summed E-state index contributed by atoms with van der Waals surface area (Å²) in [5.74, 6) is -1.09. The SMILES string of the molecule is O=C(O)C1(Cn2nnnc2-c2cccc(Br)c2F)CCC1. The first-order valence-corrected chi connectivity index (χ1v) is 7.27. The lowest BCUT2D eigenvalue weighted by Gasteiger charge is -2.37. The Morgan fingerprint density at radius 2 is 2.24 bits per heavy atom. The van der Waals surface area contributed by atoms with Crippen molar-refractivity contribution < 1.29 is 14.3 Å². The molecule has 0 unspecified atom stereocenters. The van der Waals surface area contributed by atoms with Crippen LogP contribution >= 0.6 is 15.9 Å². The summed E-state index contributed by atoms with van der Waals surface area (Å²) in [4.78, 5) is 11.4. The van der Waals surface area contributed by atoms with Crippen LogP contribution in [0.4, 0.5) is 4.39 Å². The minimum Gasteiger partial charge on any atom is -0.481 e. The topological polar surface area (TPSA) is 80.9 Å². The van der Waals surface area contributed by atoms with Crippen LogP contribution in [-0.4, -0.2) is 31.3 Å². The smallest absolute Gasteiger partial charge is 0.311 e. The van der Waals surface area contributed by atoms with Crippen molar-refractivity contribution in [2.75, 3.05) is 0 Å². The number of carboxylic acids is 1. The van der Waals surface area contributed by atoms with Gasteiger partial charge in [0.05, 0.1) is 22.0 Å². The predicted octanol–water partition coefficient (Wildman–Crippen LogP) is 2.50. The van der Waals surface area contributed by atoms with E-state index in [0.29, 0.717) is 17.3 Å². The monoisotopic (exact) mass is 354 g/mol. The zero-order chi connectivity index (χ0) is 15.0. The summed E-state index contributed by atoms with van der Waals surface area (Å²) in [6, 6.07) is 4.83. The molecule has 0 aliphatic heterocycles. The minimum absolute atomic E-state index is 0.149. The largest absolute Gasteiger partial charge is 0.481 e. The van der Waals surface area contributed by atoms with Crippen molar-refractivity contribution in [3.05, 3.63) is 28.5 Å². The lowest BCUT2D eigenvalue weighted by molar-refractivity contribution is -0.156. The molecule has 3 rings (SSSR count). The van der Waals surface area contributed by atoms with Crippen molar-refractivity contribution in [1.82, 2.24) is 20.2 Å². The molecule has 1 aliphatic rings. The summed E-state index contributed by atoms with van der Waals surface area (Å²) < 4.78 is 15.8. The number of aromatic nitrogens is 4. The third-order valence-electron chi connectivity index (χ3n) is 3.94. The van der Waals surface area contributed by atoms with Gasteiger partial charge in [0.25, 0.3) is 0 Å². The van der Waals surface area contributed by atoms with E-state index in [9.17, 15) is 14.3 Å². The minimum atomic E-state index is -0.857.